The topological polar surface area (TPSA) is 39.7 Å². The molecule has 5 heteroatoms. The van der Waals surface area contributed by atoms with Crippen molar-refractivity contribution in [2.75, 3.05) is 26.6 Å². The number of benzene rings is 3. The number of ether oxygens (including phenoxy) is 3. The summed E-state index contributed by atoms with van der Waals surface area (Å²) in [5.41, 5.74) is 3.99. The molecule has 0 saturated heterocycles. The Morgan fingerprint density at radius 1 is 0.815 bits per heavy atom. The first kappa shape index (κ1) is 21.2. The molecule has 0 fully saturated rings. The normalized spacial score (nSPS) is 9.89. The number of methoxy groups -OCH3 is 3. The molecule has 0 spiro atoms. The van der Waals surface area contributed by atoms with Crippen molar-refractivity contribution in [1.82, 2.24) is 0 Å². The molecule has 1 N–H and O–H groups in total. The predicted molar refractivity (Wildman–Crippen MR) is 103 cm³/mol. The zero-order valence-electron chi connectivity index (χ0n) is 15.6. The summed E-state index contributed by atoms with van der Waals surface area (Å²) in [6.07, 6.45) is 0.716. The second-order valence-corrected chi connectivity index (χ2v) is 5.72. The SMILES string of the molecule is COc1c[c-]c(Cc2cc(OC)ccc2Nc2[c-]ccc(OC)c2)cc1.[Np]. The van der Waals surface area contributed by atoms with Gasteiger partial charge in [-0.25, -0.2) is 0 Å². The standard InChI is InChI=1S/C22H21NO3.Np/c1-24-19-9-7-16(8-10-19)13-17-14-21(26-3)11-12-22(17)23-18-5-4-6-20(15-18)25-2;/h4,6-7,9-12,14-15,23H,13H2,1-3H3;/q-2;. The Balaban J connectivity index is 0.00000261. The summed E-state index contributed by atoms with van der Waals surface area (Å²) in [6, 6.07) is 23.8. The molecule has 0 aliphatic heterocycles. The fraction of sp³-hybridized carbons (Fsp3) is 0.182. The monoisotopic (exact) mass is 583 g/mol. The Labute approximate surface area is 183 Å². The second kappa shape index (κ2) is 10.3. The molecular weight excluding hydrogens is 563 g/mol. The van der Waals surface area contributed by atoms with Gasteiger partial charge in [0.2, 0.25) is 0 Å². The molecule has 0 amide bonds. The molecule has 0 aliphatic carbocycles. The third-order valence-electron chi connectivity index (χ3n) is 4.06. The Bertz CT molecular complexity index is 866. The summed E-state index contributed by atoms with van der Waals surface area (Å²) in [4.78, 5) is 0. The van der Waals surface area contributed by atoms with Crippen molar-refractivity contribution in [2.24, 2.45) is 0 Å². The van der Waals surface area contributed by atoms with Crippen LogP contribution in [0.2, 0.25) is 0 Å². The summed E-state index contributed by atoms with van der Waals surface area (Å²) in [6.45, 7) is 0. The van der Waals surface area contributed by atoms with E-state index in [-0.39, 0.29) is 29.9 Å². The number of hydrogen-bond acceptors (Lipinski definition) is 4. The number of nitrogens with one attached hydrogen (secondary N) is 1. The van der Waals surface area contributed by atoms with Gasteiger partial charge in [-0.15, -0.1) is 24.3 Å². The Morgan fingerprint density at radius 3 is 2.19 bits per heavy atom. The van der Waals surface area contributed by atoms with Gasteiger partial charge < -0.3 is 19.5 Å². The Hall–Kier alpha value is -2.13. The van der Waals surface area contributed by atoms with Gasteiger partial charge in [-0.05, 0) is 30.2 Å². The van der Waals surface area contributed by atoms with Crippen LogP contribution < -0.4 is 19.5 Å². The van der Waals surface area contributed by atoms with Crippen LogP contribution in [0.4, 0.5) is 11.4 Å². The summed E-state index contributed by atoms with van der Waals surface area (Å²) in [5.74, 6) is 2.39. The van der Waals surface area contributed by atoms with Crippen LogP contribution in [-0.4, -0.2) is 21.3 Å². The molecule has 0 bridgehead atoms. The van der Waals surface area contributed by atoms with Crippen molar-refractivity contribution in [3.63, 3.8) is 0 Å². The van der Waals surface area contributed by atoms with Gasteiger partial charge in [-0.2, -0.15) is 29.8 Å². The minimum Gasteiger partial charge on any atom is -0.554 e. The van der Waals surface area contributed by atoms with Gasteiger partial charge in [0, 0.05) is 47.1 Å². The maximum absolute atomic E-state index is 5.38. The van der Waals surface area contributed by atoms with E-state index in [0.29, 0.717) is 6.42 Å². The third-order valence-corrected chi connectivity index (χ3v) is 4.06. The summed E-state index contributed by atoms with van der Waals surface area (Å²) >= 11 is 0. The molecule has 0 aromatic heterocycles. The molecule has 3 aromatic rings. The zero-order valence-corrected chi connectivity index (χ0v) is 19.3. The van der Waals surface area contributed by atoms with Gasteiger partial charge in [0.1, 0.15) is 5.75 Å². The average molecular weight is 584 g/mol. The number of rotatable bonds is 7. The molecule has 0 aliphatic rings. The van der Waals surface area contributed by atoms with Crippen LogP contribution in [0.5, 0.6) is 17.2 Å². The van der Waals surface area contributed by atoms with Gasteiger partial charge in [0.25, 0.3) is 0 Å². The minimum atomic E-state index is 0. The molecule has 0 atom stereocenters. The van der Waals surface area contributed by atoms with E-state index in [9.17, 15) is 0 Å². The van der Waals surface area contributed by atoms with Crippen LogP contribution in [0.25, 0.3) is 0 Å². The fourth-order valence-electron chi connectivity index (χ4n) is 2.64. The van der Waals surface area contributed by atoms with Gasteiger partial charge in [-0.3, -0.25) is 0 Å². The van der Waals surface area contributed by atoms with Crippen molar-refractivity contribution in [3.05, 3.63) is 77.9 Å². The molecular formula is C22H21NNpO3-2. The maximum atomic E-state index is 5.38. The summed E-state index contributed by atoms with van der Waals surface area (Å²) < 4.78 is 15.9. The van der Waals surface area contributed by atoms with Crippen molar-refractivity contribution in [3.8, 4) is 17.2 Å². The van der Waals surface area contributed by atoms with E-state index in [2.05, 4.69) is 17.4 Å². The van der Waals surface area contributed by atoms with Gasteiger partial charge in [0.05, 0.1) is 21.3 Å². The van der Waals surface area contributed by atoms with Crippen LogP contribution in [-0.2, 0) is 6.42 Å². The van der Waals surface area contributed by atoms with Gasteiger partial charge in [-0.1, -0.05) is 5.69 Å². The van der Waals surface area contributed by atoms with Crippen LogP contribution in [0.1, 0.15) is 11.1 Å². The van der Waals surface area contributed by atoms with Crippen molar-refractivity contribution in [2.45, 2.75) is 6.42 Å². The summed E-state index contributed by atoms with van der Waals surface area (Å²) in [5, 5.41) is 3.41. The Kier molecular flexibility index (Phi) is 8.05. The van der Waals surface area contributed by atoms with Crippen molar-refractivity contribution >= 4 is 11.4 Å². The average Bonchev–Trinajstić information content (AvgIpc) is 2.70. The first-order valence-corrected chi connectivity index (χ1v) is 8.26. The van der Waals surface area contributed by atoms with Crippen LogP contribution in [0.15, 0.2) is 54.6 Å². The summed E-state index contributed by atoms with van der Waals surface area (Å²) in [7, 11) is 4.97. The number of hydrogen-bond donors (Lipinski definition) is 1. The van der Waals surface area contributed by atoms with Gasteiger partial charge >= 0.3 is 0 Å². The molecule has 0 heterocycles. The molecule has 1 radical (unpaired) electrons. The molecule has 4 nitrogen and oxygen atoms in total. The van der Waals surface area contributed by atoms with E-state index in [4.69, 9.17) is 14.2 Å². The fourth-order valence-corrected chi connectivity index (χ4v) is 2.64. The Morgan fingerprint density at radius 2 is 1.52 bits per heavy atom. The third kappa shape index (κ3) is 5.67. The first-order valence-electron chi connectivity index (χ1n) is 8.26. The molecule has 139 valence electrons. The van der Waals surface area contributed by atoms with Crippen LogP contribution in [0, 0.1) is 42.1 Å². The molecule has 27 heavy (non-hydrogen) atoms. The minimum absolute atomic E-state index is 0. The smallest absolute Gasteiger partial charge is 0.119 e. The first-order chi connectivity index (χ1) is 12.7. The van der Waals surface area contributed by atoms with Crippen LogP contribution >= 0.6 is 0 Å². The van der Waals surface area contributed by atoms with Crippen molar-refractivity contribution in [1.29, 1.82) is 0 Å². The van der Waals surface area contributed by atoms with E-state index in [1.807, 2.05) is 54.6 Å². The molecule has 0 saturated carbocycles. The zero-order chi connectivity index (χ0) is 18.4. The van der Waals surface area contributed by atoms with Crippen LogP contribution in [0.3, 0.4) is 0 Å². The van der Waals surface area contributed by atoms with E-state index in [1.54, 1.807) is 21.3 Å². The van der Waals surface area contributed by atoms with Crippen molar-refractivity contribution < 1.29 is 44.2 Å². The predicted octanol–water partition coefficient (Wildman–Crippen LogP) is 4.65. The van der Waals surface area contributed by atoms with E-state index >= 15 is 0 Å². The molecule has 0 unspecified atom stereocenters. The van der Waals surface area contributed by atoms with E-state index in [0.717, 1.165) is 39.8 Å². The molecule has 3 rings (SSSR count). The van der Waals surface area contributed by atoms with Gasteiger partial charge in [0.15, 0.2) is 0 Å². The maximum Gasteiger partial charge on any atom is 0.119 e. The molecule has 3 aromatic carbocycles. The largest absolute Gasteiger partial charge is 0.554 e. The quantitative estimate of drug-likeness (QED) is 0.411. The van der Waals surface area contributed by atoms with E-state index in [1.165, 1.54) is 0 Å². The van der Waals surface area contributed by atoms with E-state index < -0.39 is 0 Å². The number of anilines is 2. The second-order valence-electron chi connectivity index (χ2n) is 5.72.